The van der Waals surface area contributed by atoms with Gasteiger partial charge in [0.25, 0.3) is 5.24 Å². The molecule has 1 aromatic carbocycles. The predicted octanol–water partition coefficient (Wildman–Crippen LogP) is 4.58. The Morgan fingerprint density at radius 1 is 1.24 bits per heavy atom. The Kier molecular flexibility index (Phi) is 3.95. The molecule has 0 saturated heterocycles. The molecule has 0 fully saturated rings. The van der Waals surface area contributed by atoms with E-state index in [4.69, 9.17) is 34.8 Å². The Hall–Kier alpha value is -1.10. The van der Waals surface area contributed by atoms with Gasteiger partial charge in [-0.15, -0.1) is 0 Å². The number of aryl methyl sites for hydroxylation is 1. The number of fused-ring (bicyclic) bond motifs is 1. The summed E-state index contributed by atoms with van der Waals surface area (Å²) in [6.45, 7) is 0. The molecule has 3 rings (SSSR count). The topological polar surface area (TPSA) is 34.9 Å². The van der Waals surface area contributed by atoms with Crippen LogP contribution in [0.3, 0.4) is 0 Å². The minimum atomic E-state index is -0.755. The summed E-state index contributed by atoms with van der Waals surface area (Å²) in [6, 6.07) is 2.32. The van der Waals surface area contributed by atoms with Crippen molar-refractivity contribution in [3.8, 4) is 5.69 Å². The first-order chi connectivity index (χ1) is 9.99. The molecular weight excluding hydrogens is 338 g/mol. The molecule has 0 aliphatic heterocycles. The van der Waals surface area contributed by atoms with Crippen molar-refractivity contribution in [3.63, 3.8) is 0 Å². The molecule has 21 heavy (non-hydrogen) atoms. The highest BCUT2D eigenvalue weighted by molar-refractivity contribution is 6.68. The molecule has 110 valence electrons. The number of carbonyl (C=O) groups excluding carboxylic acids is 1. The maximum atomic E-state index is 14.2. The SMILES string of the molecule is O=C(Cl)c1cc(-n2nc3c(c2Cl)CCCC3)c(F)cc1Cl. The number of carbonyl (C=O) groups is 1. The zero-order valence-corrected chi connectivity index (χ0v) is 13.1. The summed E-state index contributed by atoms with van der Waals surface area (Å²) < 4.78 is 15.5. The first kappa shape index (κ1) is 14.8. The van der Waals surface area contributed by atoms with Gasteiger partial charge in [0.1, 0.15) is 16.7 Å². The zero-order chi connectivity index (χ0) is 15.1. The Balaban J connectivity index is 2.19. The molecule has 0 unspecified atom stereocenters. The van der Waals surface area contributed by atoms with Gasteiger partial charge in [-0.1, -0.05) is 23.2 Å². The van der Waals surface area contributed by atoms with E-state index in [1.54, 1.807) is 0 Å². The van der Waals surface area contributed by atoms with E-state index in [2.05, 4.69) is 5.10 Å². The van der Waals surface area contributed by atoms with Crippen LogP contribution in [0.15, 0.2) is 12.1 Å². The summed E-state index contributed by atoms with van der Waals surface area (Å²) in [5, 5.41) is 3.94. The van der Waals surface area contributed by atoms with Crippen molar-refractivity contribution in [2.75, 3.05) is 0 Å². The molecule has 0 bridgehead atoms. The largest absolute Gasteiger partial charge is 0.276 e. The highest BCUT2D eigenvalue weighted by Crippen LogP contribution is 2.32. The number of aromatic nitrogens is 2. The van der Waals surface area contributed by atoms with E-state index in [-0.39, 0.29) is 16.3 Å². The molecule has 2 aromatic rings. The van der Waals surface area contributed by atoms with E-state index < -0.39 is 11.1 Å². The van der Waals surface area contributed by atoms with Gasteiger partial charge in [0, 0.05) is 5.56 Å². The lowest BCUT2D eigenvalue weighted by Gasteiger charge is -2.08. The van der Waals surface area contributed by atoms with E-state index in [1.807, 2.05) is 0 Å². The second kappa shape index (κ2) is 5.59. The highest BCUT2D eigenvalue weighted by Gasteiger charge is 2.23. The van der Waals surface area contributed by atoms with Gasteiger partial charge >= 0.3 is 0 Å². The average Bonchev–Trinajstić information content (AvgIpc) is 2.76. The van der Waals surface area contributed by atoms with E-state index in [1.165, 1.54) is 10.7 Å². The molecular formula is C14H10Cl3FN2O. The minimum absolute atomic E-state index is 0.0271. The van der Waals surface area contributed by atoms with E-state index in [9.17, 15) is 9.18 Å². The van der Waals surface area contributed by atoms with Crippen LogP contribution in [-0.2, 0) is 12.8 Å². The number of halogens is 4. The van der Waals surface area contributed by atoms with Crippen LogP contribution in [0.25, 0.3) is 5.69 Å². The van der Waals surface area contributed by atoms with Crippen molar-refractivity contribution in [1.82, 2.24) is 9.78 Å². The second-order valence-corrected chi connectivity index (χ2v) is 6.00. The fourth-order valence-corrected chi connectivity index (χ4v) is 3.30. The molecule has 1 aromatic heterocycles. The van der Waals surface area contributed by atoms with Crippen LogP contribution in [0.4, 0.5) is 4.39 Å². The first-order valence-electron chi connectivity index (χ1n) is 6.44. The molecule has 0 spiro atoms. The van der Waals surface area contributed by atoms with Crippen LogP contribution >= 0.6 is 34.8 Å². The lowest BCUT2D eigenvalue weighted by Crippen LogP contribution is -2.04. The highest BCUT2D eigenvalue weighted by atomic mass is 35.5. The molecule has 1 aliphatic rings. The van der Waals surface area contributed by atoms with Crippen molar-refractivity contribution in [2.45, 2.75) is 25.7 Å². The molecule has 0 atom stereocenters. The molecule has 7 heteroatoms. The molecule has 1 heterocycles. The first-order valence-corrected chi connectivity index (χ1v) is 7.58. The quantitative estimate of drug-likeness (QED) is 0.746. The van der Waals surface area contributed by atoms with Crippen molar-refractivity contribution >= 4 is 40.0 Å². The summed E-state index contributed by atoms with van der Waals surface area (Å²) in [7, 11) is 0. The number of hydrogen-bond donors (Lipinski definition) is 0. The smallest absolute Gasteiger partial charge is 0.253 e. The average molecular weight is 348 g/mol. The van der Waals surface area contributed by atoms with Gasteiger partial charge in [-0.05, 0) is 49.4 Å². The fourth-order valence-electron chi connectivity index (χ4n) is 2.52. The van der Waals surface area contributed by atoms with Crippen LogP contribution in [0.1, 0.15) is 34.5 Å². The van der Waals surface area contributed by atoms with Crippen LogP contribution in [-0.4, -0.2) is 15.0 Å². The summed E-state index contributed by atoms with van der Waals surface area (Å²) in [5.74, 6) is -0.608. The van der Waals surface area contributed by atoms with Crippen molar-refractivity contribution in [3.05, 3.63) is 44.9 Å². The lowest BCUT2D eigenvalue weighted by molar-refractivity contribution is 0.108. The van der Waals surface area contributed by atoms with E-state index in [0.29, 0.717) is 5.15 Å². The third-order valence-corrected chi connectivity index (χ3v) is 4.48. The maximum absolute atomic E-state index is 14.2. The molecule has 0 amide bonds. The lowest BCUT2D eigenvalue weighted by atomic mass is 9.99. The van der Waals surface area contributed by atoms with Gasteiger partial charge in [-0.3, -0.25) is 4.79 Å². The Morgan fingerprint density at radius 3 is 2.62 bits per heavy atom. The Labute approximate surface area is 135 Å². The van der Waals surface area contributed by atoms with Crippen LogP contribution in [0, 0.1) is 5.82 Å². The van der Waals surface area contributed by atoms with Gasteiger partial charge in [0.05, 0.1) is 16.3 Å². The predicted molar refractivity (Wildman–Crippen MR) is 80.4 cm³/mol. The number of nitrogens with zero attached hydrogens (tertiary/aromatic N) is 2. The molecule has 1 aliphatic carbocycles. The molecule has 0 saturated carbocycles. The zero-order valence-electron chi connectivity index (χ0n) is 10.8. The Morgan fingerprint density at radius 2 is 1.95 bits per heavy atom. The van der Waals surface area contributed by atoms with Crippen LogP contribution in [0.2, 0.25) is 10.2 Å². The summed E-state index contributed by atoms with van der Waals surface area (Å²) in [4.78, 5) is 11.3. The number of rotatable bonds is 2. The van der Waals surface area contributed by atoms with Gasteiger partial charge in [0.15, 0.2) is 0 Å². The fraction of sp³-hybridized carbons (Fsp3) is 0.286. The van der Waals surface area contributed by atoms with Crippen LogP contribution < -0.4 is 0 Å². The molecule has 3 nitrogen and oxygen atoms in total. The normalized spacial score (nSPS) is 14.1. The van der Waals surface area contributed by atoms with E-state index in [0.717, 1.165) is 43.0 Å². The van der Waals surface area contributed by atoms with Gasteiger partial charge < -0.3 is 0 Å². The minimum Gasteiger partial charge on any atom is -0.276 e. The third-order valence-electron chi connectivity index (χ3n) is 3.57. The molecule has 0 radical (unpaired) electrons. The van der Waals surface area contributed by atoms with Crippen molar-refractivity contribution < 1.29 is 9.18 Å². The summed E-state index contributed by atoms with van der Waals surface area (Å²) >= 11 is 17.6. The standard InChI is InChI=1S/C14H10Cl3FN2O/c15-9-6-10(18)12(5-8(9)14(17)21)20-13(16)7-3-1-2-4-11(7)19-20/h5-6H,1-4H2. The maximum Gasteiger partial charge on any atom is 0.253 e. The molecule has 0 N–H and O–H groups in total. The number of hydrogen-bond acceptors (Lipinski definition) is 2. The number of benzene rings is 1. The monoisotopic (exact) mass is 346 g/mol. The van der Waals surface area contributed by atoms with Crippen molar-refractivity contribution in [2.24, 2.45) is 0 Å². The van der Waals surface area contributed by atoms with Gasteiger partial charge in [-0.2, -0.15) is 5.10 Å². The summed E-state index contributed by atoms with van der Waals surface area (Å²) in [5.41, 5.74) is 1.91. The Bertz CT molecular complexity index is 742. The van der Waals surface area contributed by atoms with Crippen molar-refractivity contribution in [1.29, 1.82) is 0 Å². The summed E-state index contributed by atoms with van der Waals surface area (Å²) in [6.07, 6.45) is 3.71. The van der Waals surface area contributed by atoms with Gasteiger partial charge in [0.2, 0.25) is 0 Å². The van der Waals surface area contributed by atoms with E-state index >= 15 is 0 Å². The van der Waals surface area contributed by atoms with Crippen LogP contribution in [0.5, 0.6) is 0 Å². The third kappa shape index (κ3) is 2.56. The second-order valence-electron chi connectivity index (χ2n) is 4.89. The van der Waals surface area contributed by atoms with Gasteiger partial charge in [-0.25, -0.2) is 9.07 Å².